The molecule has 2 rings (SSSR count). The largest absolute Gasteiger partial charge is 0.508 e. The highest BCUT2D eigenvalue weighted by atomic mass is 16.5. The van der Waals surface area contributed by atoms with Gasteiger partial charge < -0.3 is 26.0 Å². The van der Waals surface area contributed by atoms with E-state index in [9.17, 15) is 14.4 Å². The quantitative estimate of drug-likeness (QED) is 0.504. The van der Waals surface area contributed by atoms with Crippen molar-refractivity contribution in [3.63, 3.8) is 0 Å². The van der Waals surface area contributed by atoms with Gasteiger partial charge in [-0.3, -0.25) is 9.59 Å². The average molecular weight is 416 g/mol. The number of ether oxygens (including phenoxy) is 1. The summed E-state index contributed by atoms with van der Waals surface area (Å²) in [4.78, 5) is 34.0. The van der Waals surface area contributed by atoms with Crippen LogP contribution in [-0.2, 0) is 25.5 Å². The van der Waals surface area contributed by atoms with Crippen LogP contribution in [0.25, 0.3) is 0 Å². The molecule has 0 radical (unpaired) electrons. The molecule has 0 saturated heterocycles. The number of carboxylic acids is 1. The van der Waals surface area contributed by atoms with E-state index in [-0.39, 0.29) is 6.42 Å². The van der Waals surface area contributed by atoms with Crippen LogP contribution in [0.2, 0.25) is 0 Å². The van der Waals surface area contributed by atoms with Gasteiger partial charge in [-0.1, -0.05) is 36.4 Å². The van der Waals surface area contributed by atoms with Crippen molar-refractivity contribution in [2.75, 3.05) is 7.11 Å². The molecule has 0 saturated carbocycles. The van der Waals surface area contributed by atoms with E-state index in [4.69, 9.17) is 15.9 Å². The van der Waals surface area contributed by atoms with Crippen molar-refractivity contribution in [1.82, 2.24) is 5.32 Å². The Bertz CT molecular complexity index is 803. The highest BCUT2D eigenvalue weighted by Gasteiger charge is 2.25. The first-order valence-electron chi connectivity index (χ1n) is 9.29. The number of aliphatic carboxylic acids is 1. The van der Waals surface area contributed by atoms with Crippen LogP contribution in [0.4, 0.5) is 0 Å². The number of esters is 1. The van der Waals surface area contributed by atoms with E-state index < -0.39 is 36.4 Å². The first-order chi connectivity index (χ1) is 14.1. The number of carbonyl (C=O) groups excluding carboxylic acids is 2. The van der Waals surface area contributed by atoms with Crippen molar-refractivity contribution in [3.05, 3.63) is 65.2 Å². The molecule has 2 atom stereocenters. The summed E-state index contributed by atoms with van der Waals surface area (Å²) < 4.78 is 4.64. The van der Waals surface area contributed by atoms with Crippen LogP contribution in [0.1, 0.15) is 23.1 Å². The molecule has 0 bridgehead atoms. The fraction of sp³-hybridized carbons (Fsp3) is 0.318. The Hall–Kier alpha value is -3.39. The second-order valence-electron chi connectivity index (χ2n) is 6.82. The van der Waals surface area contributed by atoms with Crippen molar-refractivity contribution >= 4 is 17.8 Å². The molecule has 30 heavy (non-hydrogen) atoms. The lowest BCUT2D eigenvalue weighted by molar-refractivity contribution is -0.145. The topological polar surface area (TPSA) is 139 Å². The van der Waals surface area contributed by atoms with Crippen LogP contribution >= 0.6 is 0 Å². The number of hydrogen-bond donors (Lipinski definition) is 4. The fourth-order valence-electron chi connectivity index (χ4n) is 2.70. The van der Waals surface area contributed by atoms with E-state index in [0.717, 1.165) is 16.7 Å². The van der Waals surface area contributed by atoms with Gasteiger partial charge in [0, 0.05) is 6.42 Å². The van der Waals surface area contributed by atoms with Crippen LogP contribution < -0.4 is 11.1 Å². The molecule has 5 N–H and O–H groups in total. The lowest BCUT2D eigenvalue weighted by atomic mass is 10.1. The summed E-state index contributed by atoms with van der Waals surface area (Å²) in [7, 11) is 1.21. The Labute approximate surface area is 175 Å². The number of amides is 1. The van der Waals surface area contributed by atoms with Gasteiger partial charge in [-0.15, -0.1) is 0 Å². The minimum Gasteiger partial charge on any atom is -0.508 e. The molecule has 0 aliphatic carbocycles. The number of aromatic hydroxyl groups is 1. The number of rotatable bonds is 7. The number of hydrogen-bond acceptors (Lipinski definition) is 6. The molecule has 2 aromatic carbocycles. The standard InChI is InChI=1S/C14H18N2O5.C8H10O/c1-21-14(20)11(7-9-5-3-2-4-6-9)16-13(19)10(15)8-12(17)18;1-6-3-7(2)5-8(9)4-6/h2-6,10-11H,7-8,15H2,1H3,(H,16,19)(H,17,18);3-5,9H,1-2H3/t10-,11-;/m1./s1. The van der Waals surface area contributed by atoms with Gasteiger partial charge in [0.05, 0.1) is 19.6 Å². The molecule has 0 fully saturated rings. The van der Waals surface area contributed by atoms with Gasteiger partial charge in [0.25, 0.3) is 0 Å². The smallest absolute Gasteiger partial charge is 0.328 e. The second-order valence-corrected chi connectivity index (χ2v) is 6.82. The van der Waals surface area contributed by atoms with Crippen molar-refractivity contribution < 1.29 is 29.3 Å². The Balaban J connectivity index is 0.000000414. The van der Waals surface area contributed by atoms with E-state index in [1.807, 2.05) is 38.1 Å². The van der Waals surface area contributed by atoms with E-state index in [2.05, 4.69) is 10.1 Å². The number of nitrogens with one attached hydrogen (secondary N) is 1. The Morgan fingerprint density at radius 2 is 1.63 bits per heavy atom. The maximum atomic E-state index is 11.8. The van der Waals surface area contributed by atoms with Gasteiger partial charge in [0.1, 0.15) is 11.8 Å². The van der Waals surface area contributed by atoms with Crippen molar-refractivity contribution in [2.45, 2.75) is 38.8 Å². The molecule has 0 unspecified atom stereocenters. The molecule has 0 aliphatic heterocycles. The summed E-state index contributed by atoms with van der Waals surface area (Å²) in [5.74, 6) is -2.15. The van der Waals surface area contributed by atoms with Crippen LogP contribution in [0, 0.1) is 13.8 Å². The molecule has 2 aromatic rings. The van der Waals surface area contributed by atoms with Crippen molar-refractivity contribution in [2.24, 2.45) is 5.73 Å². The van der Waals surface area contributed by atoms with Gasteiger partial charge in [-0.2, -0.15) is 0 Å². The Morgan fingerprint density at radius 3 is 2.10 bits per heavy atom. The second kappa shape index (κ2) is 12.2. The SMILES string of the molecule is COC(=O)[C@@H](Cc1ccccc1)NC(=O)[C@H](N)CC(=O)O.Cc1cc(C)cc(O)c1. The first-order valence-corrected chi connectivity index (χ1v) is 9.29. The van der Waals surface area contributed by atoms with Gasteiger partial charge in [-0.25, -0.2) is 4.79 Å². The van der Waals surface area contributed by atoms with Crippen LogP contribution in [0.15, 0.2) is 48.5 Å². The third-order valence-corrected chi connectivity index (χ3v) is 4.02. The third-order valence-electron chi connectivity index (χ3n) is 4.02. The predicted octanol–water partition coefficient (Wildman–Crippen LogP) is 1.70. The van der Waals surface area contributed by atoms with Crippen LogP contribution in [0.5, 0.6) is 5.75 Å². The highest BCUT2D eigenvalue weighted by Crippen LogP contribution is 2.13. The number of aryl methyl sites for hydroxylation is 2. The van der Waals surface area contributed by atoms with Gasteiger partial charge in [-0.05, 0) is 42.7 Å². The number of methoxy groups -OCH3 is 1. The zero-order chi connectivity index (χ0) is 22.7. The zero-order valence-electron chi connectivity index (χ0n) is 17.3. The number of phenolic OH excluding ortho intramolecular Hbond substituents is 1. The van der Waals surface area contributed by atoms with Gasteiger partial charge in [0.2, 0.25) is 5.91 Å². The molecule has 0 aromatic heterocycles. The lowest BCUT2D eigenvalue weighted by Gasteiger charge is -2.18. The molecular formula is C22H28N2O6. The zero-order valence-corrected chi connectivity index (χ0v) is 17.3. The number of carbonyl (C=O) groups is 3. The maximum Gasteiger partial charge on any atom is 0.328 e. The molecule has 1 amide bonds. The number of carboxylic acid groups (broad SMARTS) is 1. The summed E-state index contributed by atoms with van der Waals surface area (Å²) in [5.41, 5.74) is 8.50. The first kappa shape index (κ1) is 24.6. The van der Waals surface area contributed by atoms with Gasteiger partial charge >= 0.3 is 11.9 Å². The number of benzene rings is 2. The average Bonchev–Trinajstić information content (AvgIpc) is 2.66. The fourth-order valence-corrected chi connectivity index (χ4v) is 2.70. The van der Waals surface area contributed by atoms with Crippen LogP contribution in [0.3, 0.4) is 0 Å². The summed E-state index contributed by atoms with van der Waals surface area (Å²) >= 11 is 0. The van der Waals surface area contributed by atoms with E-state index in [1.165, 1.54) is 7.11 Å². The molecule has 8 nitrogen and oxygen atoms in total. The molecule has 162 valence electrons. The molecule has 0 heterocycles. The molecule has 0 spiro atoms. The summed E-state index contributed by atoms with van der Waals surface area (Å²) in [6.45, 7) is 3.93. The minimum absolute atomic E-state index is 0.235. The summed E-state index contributed by atoms with van der Waals surface area (Å²) in [6, 6.07) is 12.4. The van der Waals surface area contributed by atoms with Crippen molar-refractivity contribution in [3.8, 4) is 5.75 Å². The summed E-state index contributed by atoms with van der Waals surface area (Å²) in [5, 5.41) is 20.0. The maximum absolute atomic E-state index is 11.8. The minimum atomic E-state index is -1.22. The monoisotopic (exact) mass is 416 g/mol. The Morgan fingerprint density at radius 1 is 1.07 bits per heavy atom. The lowest BCUT2D eigenvalue weighted by Crippen LogP contribution is -2.50. The number of phenols is 1. The third kappa shape index (κ3) is 9.20. The Kier molecular flexibility index (Phi) is 10.0. The molecule has 0 aliphatic rings. The van der Waals surface area contributed by atoms with Crippen molar-refractivity contribution in [1.29, 1.82) is 0 Å². The normalized spacial score (nSPS) is 12.0. The highest BCUT2D eigenvalue weighted by molar-refractivity contribution is 5.89. The predicted molar refractivity (Wildman–Crippen MR) is 112 cm³/mol. The van der Waals surface area contributed by atoms with Crippen LogP contribution in [-0.4, -0.2) is 47.3 Å². The number of nitrogens with two attached hydrogens (primary N) is 1. The van der Waals surface area contributed by atoms with E-state index in [0.29, 0.717) is 5.75 Å². The molecular weight excluding hydrogens is 388 g/mol. The van der Waals surface area contributed by atoms with E-state index in [1.54, 1.807) is 24.3 Å². The van der Waals surface area contributed by atoms with E-state index >= 15 is 0 Å². The summed E-state index contributed by atoms with van der Waals surface area (Å²) in [6.07, 6.45) is -0.274. The van der Waals surface area contributed by atoms with Gasteiger partial charge in [0.15, 0.2) is 0 Å². The molecule has 8 heteroatoms.